The molecule has 2 atom stereocenters. The molecule has 0 radical (unpaired) electrons. The minimum absolute atomic E-state index is 0.0697. The van der Waals surface area contributed by atoms with Gasteiger partial charge in [0.15, 0.2) is 0 Å². The van der Waals surface area contributed by atoms with Crippen molar-refractivity contribution in [3.63, 3.8) is 0 Å². The Morgan fingerprint density at radius 1 is 1.30 bits per heavy atom. The average molecular weight is 285 g/mol. The maximum absolute atomic E-state index is 12.7. The van der Waals surface area contributed by atoms with E-state index in [0.29, 0.717) is 11.6 Å². The topological polar surface area (TPSA) is 12.0 Å². The molecule has 1 aliphatic rings. The third kappa shape index (κ3) is 3.35. The van der Waals surface area contributed by atoms with Gasteiger partial charge in [-0.25, -0.2) is 0 Å². The molecule has 1 nitrogen and oxygen atoms in total. The minimum Gasteiger partial charge on any atom is -0.307 e. The van der Waals surface area contributed by atoms with E-state index in [4.69, 9.17) is 0 Å². The van der Waals surface area contributed by atoms with Crippen molar-refractivity contribution in [3.8, 4) is 0 Å². The lowest BCUT2D eigenvalue weighted by atomic mass is 9.86. The van der Waals surface area contributed by atoms with Gasteiger partial charge in [-0.2, -0.15) is 13.2 Å². The van der Waals surface area contributed by atoms with Crippen molar-refractivity contribution in [3.05, 3.63) is 35.4 Å². The molecule has 1 N–H and O–H groups in total. The highest BCUT2D eigenvalue weighted by molar-refractivity contribution is 5.27. The second-order valence-electron chi connectivity index (χ2n) is 6.44. The van der Waals surface area contributed by atoms with Crippen molar-refractivity contribution in [1.82, 2.24) is 5.32 Å². The molecule has 0 aromatic heterocycles. The summed E-state index contributed by atoms with van der Waals surface area (Å²) in [6.07, 6.45) is -0.835. The average Bonchev–Trinajstić information content (AvgIpc) is 2.68. The number of hydrogen-bond donors (Lipinski definition) is 1. The van der Waals surface area contributed by atoms with Gasteiger partial charge in [-0.3, -0.25) is 0 Å². The van der Waals surface area contributed by atoms with E-state index < -0.39 is 11.7 Å². The largest absolute Gasteiger partial charge is 0.416 e. The molecule has 1 aromatic carbocycles. The fraction of sp³-hybridized carbons (Fsp3) is 0.625. The molecular weight excluding hydrogens is 263 g/mol. The lowest BCUT2D eigenvalue weighted by Gasteiger charge is -2.31. The normalized spacial score (nSPS) is 23.8. The van der Waals surface area contributed by atoms with Gasteiger partial charge in [0.1, 0.15) is 0 Å². The van der Waals surface area contributed by atoms with Gasteiger partial charge in [0.25, 0.3) is 0 Å². The van der Waals surface area contributed by atoms with Crippen LogP contribution < -0.4 is 5.32 Å². The lowest BCUT2D eigenvalue weighted by Crippen LogP contribution is -2.39. The monoisotopic (exact) mass is 285 g/mol. The number of nitrogens with one attached hydrogen (secondary N) is 1. The van der Waals surface area contributed by atoms with Crippen LogP contribution in [-0.2, 0) is 6.18 Å². The van der Waals surface area contributed by atoms with Crippen LogP contribution in [0.1, 0.15) is 57.2 Å². The SMILES string of the molecule is CC(NC1CCCC1(C)C)c1cccc(C(F)(F)F)c1. The van der Waals surface area contributed by atoms with E-state index in [0.717, 1.165) is 12.5 Å². The molecule has 4 heteroatoms. The number of halogens is 3. The highest BCUT2D eigenvalue weighted by Gasteiger charge is 2.35. The molecule has 1 aromatic rings. The molecule has 1 fully saturated rings. The Balaban J connectivity index is 2.12. The van der Waals surface area contributed by atoms with Crippen LogP contribution in [0.3, 0.4) is 0 Å². The van der Waals surface area contributed by atoms with Crippen molar-refractivity contribution in [1.29, 1.82) is 0 Å². The molecule has 1 saturated carbocycles. The van der Waals surface area contributed by atoms with Gasteiger partial charge in [-0.15, -0.1) is 0 Å². The van der Waals surface area contributed by atoms with Crippen molar-refractivity contribution >= 4 is 0 Å². The quantitative estimate of drug-likeness (QED) is 0.830. The Hall–Kier alpha value is -1.03. The van der Waals surface area contributed by atoms with E-state index >= 15 is 0 Å². The first kappa shape index (κ1) is 15.4. The second kappa shape index (κ2) is 5.40. The first-order valence-electron chi connectivity index (χ1n) is 7.13. The number of hydrogen-bond acceptors (Lipinski definition) is 1. The van der Waals surface area contributed by atoms with Crippen molar-refractivity contribution in [2.75, 3.05) is 0 Å². The molecule has 0 saturated heterocycles. The van der Waals surface area contributed by atoms with Crippen LogP contribution in [0, 0.1) is 5.41 Å². The minimum atomic E-state index is -4.28. The number of alkyl halides is 3. The van der Waals surface area contributed by atoms with Crippen LogP contribution in [0.25, 0.3) is 0 Å². The summed E-state index contributed by atoms with van der Waals surface area (Å²) >= 11 is 0. The molecule has 0 amide bonds. The van der Waals surface area contributed by atoms with E-state index in [-0.39, 0.29) is 11.5 Å². The molecule has 2 rings (SSSR count). The van der Waals surface area contributed by atoms with Crippen LogP contribution in [0.4, 0.5) is 13.2 Å². The summed E-state index contributed by atoms with van der Waals surface area (Å²) in [5, 5.41) is 3.50. The number of rotatable bonds is 3. The van der Waals surface area contributed by atoms with E-state index in [9.17, 15) is 13.2 Å². The van der Waals surface area contributed by atoms with Gasteiger partial charge in [0.05, 0.1) is 5.56 Å². The summed E-state index contributed by atoms with van der Waals surface area (Å²) in [7, 11) is 0. The molecule has 112 valence electrons. The van der Waals surface area contributed by atoms with Crippen LogP contribution >= 0.6 is 0 Å². The van der Waals surface area contributed by atoms with E-state index in [1.165, 1.54) is 25.0 Å². The maximum Gasteiger partial charge on any atom is 0.416 e. The summed E-state index contributed by atoms with van der Waals surface area (Å²) in [6.45, 7) is 6.37. The first-order valence-corrected chi connectivity index (χ1v) is 7.13. The van der Waals surface area contributed by atoms with E-state index in [1.54, 1.807) is 6.07 Å². The standard InChI is InChI=1S/C16H22F3N/c1-11(20-14-8-5-9-15(14,2)3)12-6-4-7-13(10-12)16(17,18)19/h4,6-7,10-11,14,20H,5,8-9H2,1-3H3. The van der Waals surface area contributed by atoms with Crippen LogP contribution in [0.2, 0.25) is 0 Å². The Morgan fingerprint density at radius 2 is 2.00 bits per heavy atom. The summed E-state index contributed by atoms with van der Waals surface area (Å²) in [4.78, 5) is 0. The molecular formula is C16H22F3N. The summed E-state index contributed by atoms with van der Waals surface area (Å²) < 4.78 is 38.2. The molecule has 0 heterocycles. The summed E-state index contributed by atoms with van der Waals surface area (Å²) in [5.41, 5.74) is 0.340. The third-order valence-electron chi connectivity index (χ3n) is 4.42. The van der Waals surface area contributed by atoms with Gasteiger partial charge in [-0.05, 0) is 42.9 Å². The molecule has 20 heavy (non-hydrogen) atoms. The maximum atomic E-state index is 12.7. The first-order chi connectivity index (χ1) is 9.20. The zero-order valence-electron chi connectivity index (χ0n) is 12.2. The zero-order valence-corrected chi connectivity index (χ0v) is 12.2. The molecule has 2 unspecified atom stereocenters. The smallest absolute Gasteiger partial charge is 0.307 e. The fourth-order valence-electron chi connectivity index (χ4n) is 3.02. The second-order valence-corrected chi connectivity index (χ2v) is 6.44. The van der Waals surface area contributed by atoms with Crippen molar-refractivity contribution in [2.24, 2.45) is 5.41 Å². The number of benzene rings is 1. The third-order valence-corrected chi connectivity index (χ3v) is 4.42. The predicted molar refractivity (Wildman–Crippen MR) is 74.4 cm³/mol. The fourth-order valence-corrected chi connectivity index (χ4v) is 3.02. The van der Waals surface area contributed by atoms with E-state index in [2.05, 4.69) is 19.2 Å². The van der Waals surface area contributed by atoms with Crippen molar-refractivity contribution in [2.45, 2.75) is 58.3 Å². The zero-order chi connectivity index (χ0) is 15.0. The molecule has 1 aliphatic carbocycles. The molecule has 0 spiro atoms. The van der Waals surface area contributed by atoms with Gasteiger partial charge in [-0.1, -0.05) is 32.4 Å². The van der Waals surface area contributed by atoms with Crippen molar-refractivity contribution < 1.29 is 13.2 Å². The predicted octanol–water partition coefficient (Wildman–Crippen LogP) is 4.93. The molecule has 0 bridgehead atoms. The Kier molecular flexibility index (Phi) is 4.14. The van der Waals surface area contributed by atoms with Gasteiger partial charge >= 0.3 is 6.18 Å². The van der Waals surface area contributed by atoms with Gasteiger partial charge in [0, 0.05) is 12.1 Å². The Morgan fingerprint density at radius 3 is 2.55 bits per heavy atom. The Labute approximate surface area is 118 Å². The summed E-state index contributed by atoms with van der Waals surface area (Å²) in [6, 6.07) is 5.91. The van der Waals surface area contributed by atoms with Gasteiger partial charge < -0.3 is 5.32 Å². The van der Waals surface area contributed by atoms with Gasteiger partial charge in [0.2, 0.25) is 0 Å². The van der Waals surface area contributed by atoms with Crippen LogP contribution in [0.15, 0.2) is 24.3 Å². The highest BCUT2D eigenvalue weighted by atomic mass is 19.4. The lowest BCUT2D eigenvalue weighted by molar-refractivity contribution is -0.137. The highest BCUT2D eigenvalue weighted by Crippen LogP contribution is 2.38. The molecule has 0 aliphatic heterocycles. The Bertz CT molecular complexity index is 465. The summed E-state index contributed by atoms with van der Waals surface area (Å²) in [5.74, 6) is 0. The van der Waals surface area contributed by atoms with E-state index in [1.807, 2.05) is 6.92 Å². The van der Waals surface area contributed by atoms with Crippen LogP contribution in [0.5, 0.6) is 0 Å². The van der Waals surface area contributed by atoms with Crippen LogP contribution in [-0.4, -0.2) is 6.04 Å².